The zero-order valence-corrected chi connectivity index (χ0v) is 13.6. The largest absolute Gasteiger partial charge is 0.355 e. The highest BCUT2D eigenvalue weighted by Crippen LogP contribution is 2.16. The summed E-state index contributed by atoms with van der Waals surface area (Å²) in [7, 11) is 1.82. The normalized spacial score (nSPS) is 18.4. The van der Waals surface area contributed by atoms with Gasteiger partial charge in [-0.1, -0.05) is 6.07 Å². The van der Waals surface area contributed by atoms with Gasteiger partial charge in [-0.05, 0) is 30.9 Å². The van der Waals surface area contributed by atoms with Crippen LogP contribution in [0.4, 0.5) is 0 Å². The first-order valence-corrected chi connectivity index (χ1v) is 7.97. The van der Waals surface area contributed by atoms with E-state index in [1.807, 2.05) is 42.9 Å². The van der Waals surface area contributed by atoms with Crippen LogP contribution in [0.25, 0.3) is 5.65 Å². The fraction of sp³-hybridized carbons (Fsp3) is 0.471. The summed E-state index contributed by atoms with van der Waals surface area (Å²) >= 11 is 0. The van der Waals surface area contributed by atoms with Gasteiger partial charge in [0.1, 0.15) is 5.65 Å². The number of aryl methyl sites for hydroxylation is 1. The molecule has 0 saturated carbocycles. The number of aromatic nitrogens is 2. The number of hydrogen-bond acceptors (Lipinski definition) is 3. The molecule has 0 aromatic carbocycles. The lowest BCUT2D eigenvalue weighted by Crippen LogP contribution is -2.40. The average molecular weight is 314 g/mol. The van der Waals surface area contributed by atoms with Gasteiger partial charge in [-0.15, -0.1) is 0 Å². The first-order valence-electron chi connectivity index (χ1n) is 7.97. The topological polar surface area (TPSA) is 66.7 Å². The number of hydrogen-bond donors (Lipinski definition) is 1. The summed E-state index contributed by atoms with van der Waals surface area (Å²) in [6.45, 7) is 3.33. The molecule has 1 fully saturated rings. The van der Waals surface area contributed by atoms with Crippen LogP contribution in [0.1, 0.15) is 24.1 Å². The number of carbonyl (C=O) groups is 2. The molecule has 3 rings (SSSR count). The highest BCUT2D eigenvalue weighted by atomic mass is 16.2. The van der Waals surface area contributed by atoms with Crippen LogP contribution in [0.3, 0.4) is 0 Å². The Morgan fingerprint density at radius 1 is 1.48 bits per heavy atom. The molecule has 1 saturated heterocycles. The van der Waals surface area contributed by atoms with E-state index in [2.05, 4.69) is 10.3 Å². The maximum Gasteiger partial charge on any atom is 0.226 e. The van der Waals surface area contributed by atoms with Gasteiger partial charge in [-0.2, -0.15) is 0 Å². The lowest BCUT2D eigenvalue weighted by atomic mass is 9.96. The van der Waals surface area contributed by atoms with Gasteiger partial charge in [0, 0.05) is 39.0 Å². The fourth-order valence-corrected chi connectivity index (χ4v) is 2.95. The zero-order chi connectivity index (χ0) is 16.4. The van der Waals surface area contributed by atoms with E-state index in [4.69, 9.17) is 0 Å². The molecule has 2 aromatic rings. The van der Waals surface area contributed by atoms with Crippen molar-refractivity contribution < 1.29 is 9.59 Å². The van der Waals surface area contributed by atoms with E-state index in [0.717, 1.165) is 29.9 Å². The average Bonchev–Trinajstić information content (AvgIpc) is 2.92. The minimum absolute atomic E-state index is 0.0440. The zero-order valence-electron chi connectivity index (χ0n) is 13.6. The summed E-state index contributed by atoms with van der Waals surface area (Å²) in [6, 6.07) is 3.97. The van der Waals surface area contributed by atoms with E-state index in [-0.39, 0.29) is 24.2 Å². The number of piperidine rings is 1. The number of pyridine rings is 1. The maximum atomic E-state index is 12.1. The Morgan fingerprint density at radius 3 is 3.04 bits per heavy atom. The molecule has 0 radical (unpaired) electrons. The Balaban J connectivity index is 1.54. The summed E-state index contributed by atoms with van der Waals surface area (Å²) in [6.07, 6.45) is 5.55. The van der Waals surface area contributed by atoms with E-state index in [9.17, 15) is 9.59 Å². The number of nitrogens with zero attached hydrogens (tertiary/aromatic N) is 3. The molecule has 1 N–H and O–H groups in total. The minimum Gasteiger partial charge on any atom is -0.355 e. The van der Waals surface area contributed by atoms with Crippen molar-refractivity contribution in [2.24, 2.45) is 5.92 Å². The second kappa shape index (κ2) is 6.40. The monoisotopic (exact) mass is 314 g/mol. The molecular formula is C17H22N4O2. The number of amides is 2. The molecule has 1 aliphatic rings. The van der Waals surface area contributed by atoms with Crippen LogP contribution >= 0.6 is 0 Å². The number of imidazole rings is 1. The molecule has 1 atom stereocenters. The van der Waals surface area contributed by atoms with Crippen LogP contribution in [0.2, 0.25) is 0 Å². The molecular weight excluding hydrogens is 292 g/mol. The Bertz CT molecular complexity index is 737. The molecule has 0 bridgehead atoms. The van der Waals surface area contributed by atoms with Gasteiger partial charge in [-0.3, -0.25) is 9.59 Å². The molecule has 0 spiro atoms. The number of nitrogens with one attached hydrogen (secondary N) is 1. The van der Waals surface area contributed by atoms with Crippen molar-refractivity contribution in [2.45, 2.75) is 26.2 Å². The van der Waals surface area contributed by atoms with Gasteiger partial charge >= 0.3 is 0 Å². The van der Waals surface area contributed by atoms with E-state index < -0.39 is 0 Å². The molecule has 2 aromatic heterocycles. The van der Waals surface area contributed by atoms with Crippen molar-refractivity contribution in [1.29, 1.82) is 0 Å². The fourth-order valence-electron chi connectivity index (χ4n) is 2.95. The molecule has 122 valence electrons. The van der Waals surface area contributed by atoms with Crippen LogP contribution in [0.15, 0.2) is 24.5 Å². The Hall–Kier alpha value is -2.37. The summed E-state index contributed by atoms with van der Waals surface area (Å²) in [5, 5.41) is 2.94. The Morgan fingerprint density at radius 2 is 2.30 bits per heavy atom. The van der Waals surface area contributed by atoms with Gasteiger partial charge < -0.3 is 14.6 Å². The molecule has 6 heteroatoms. The lowest BCUT2D eigenvalue weighted by molar-refractivity contribution is -0.133. The smallest absolute Gasteiger partial charge is 0.226 e. The van der Waals surface area contributed by atoms with Crippen molar-refractivity contribution in [3.05, 3.63) is 35.8 Å². The number of rotatable bonds is 4. The molecule has 1 aliphatic heterocycles. The molecule has 0 aliphatic carbocycles. The van der Waals surface area contributed by atoms with Crippen molar-refractivity contribution in [2.75, 3.05) is 20.1 Å². The first kappa shape index (κ1) is 15.5. The third kappa shape index (κ3) is 3.52. The minimum atomic E-state index is -0.0440. The van der Waals surface area contributed by atoms with Crippen LogP contribution in [0.5, 0.6) is 0 Å². The van der Waals surface area contributed by atoms with Gasteiger partial charge in [0.05, 0.1) is 12.1 Å². The molecule has 1 unspecified atom stereocenters. The third-order valence-corrected chi connectivity index (χ3v) is 4.42. The summed E-state index contributed by atoms with van der Waals surface area (Å²) in [5.41, 5.74) is 2.73. The summed E-state index contributed by atoms with van der Waals surface area (Å²) in [5.74, 6) is 0.356. The molecule has 2 amide bonds. The molecule has 23 heavy (non-hydrogen) atoms. The van der Waals surface area contributed by atoms with Crippen LogP contribution in [0, 0.1) is 12.8 Å². The van der Waals surface area contributed by atoms with Gasteiger partial charge in [0.2, 0.25) is 11.8 Å². The number of carbonyl (C=O) groups excluding carboxylic acids is 2. The van der Waals surface area contributed by atoms with Crippen molar-refractivity contribution in [3.8, 4) is 0 Å². The van der Waals surface area contributed by atoms with Crippen LogP contribution in [-0.2, 0) is 16.0 Å². The maximum absolute atomic E-state index is 12.1. The van der Waals surface area contributed by atoms with Crippen molar-refractivity contribution in [3.63, 3.8) is 0 Å². The van der Waals surface area contributed by atoms with Crippen LogP contribution in [-0.4, -0.2) is 46.2 Å². The van der Waals surface area contributed by atoms with Crippen molar-refractivity contribution >= 4 is 17.5 Å². The quantitative estimate of drug-likeness (QED) is 0.921. The predicted molar refractivity (Wildman–Crippen MR) is 87.0 cm³/mol. The second-order valence-electron chi connectivity index (χ2n) is 6.31. The highest BCUT2D eigenvalue weighted by Gasteiger charge is 2.23. The van der Waals surface area contributed by atoms with E-state index in [1.54, 1.807) is 4.90 Å². The van der Waals surface area contributed by atoms with Crippen molar-refractivity contribution in [1.82, 2.24) is 19.6 Å². The lowest BCUT2D eigenvalue weighted by Gasteiger charge is -2.28. The number of likely N-dealkylation sites (tertiary alicyclic amines) is 1. The van der Waals surface area contributed by atoms with E-state index in [1.165, 1.54) is 0 Å². The van der Waals surface area contributed by atoms with Gasteiger partial charge in [0.15, 0.2) is 0 Å². The Kier molecular flexibility index (Phi) is 4.32. The second-order valence-corrected chi connectivity index (χ2v) is 6.31. The highest BCUT2D eigenvalue weighted by molar-refractivity contribution is 5.79. The molecule has 6 nitrogen and oxygen atoms in total. The number of fused-ring (bicyclic) bond motifs is 1. The van der Waals surface area contributed by atoms with E-state index >= 15 is 0 Å². The predicted octanol–water partition coefficient (Wildman–Crippen LogP) is 1.17. The third-order valence-electron chi connectivity index (χ3n) is 4.42. The first-order chi connectivity index (χ1) is 11.0. The Labute approximate surface area is 135 Å². The summed E-state index contributed by atoms with van der Waals surface area (Å²) < 4.78 is 1.94. The van der Waals surface area contributed by atoms with E-state index in [0.29, 0.717) is 13.0 Å². The van der Waals surface area contributed by atoms with Crippen LogP contribution < -0.4 is 5.32 Å². The van der Waals surface area contributed by atoms with Gasteiger partial charge in [0.25, 0.3) is 0 Å². The standard InChI is InChI=1S/C17H22N4O2/c1-12-4-3-6-21-11-14(19-17(12)21)9-15(22)18-10-13-5-7-20(2)16(23)8-13/h3-4,6,11,13H,5,7-10H2,1-2H3,(H,18,22). The summed E-state index contributed by atoms with van der Waals surface area (Å²) in [4.78, 5) is 30.0. The van der Waals surface area contributed by atoms with Gasteiger partial charge in [-0.25, -0.2) is 4.98 Å². The SMILES string of the molecule is Cc1cccn2cc(CC(=O)NCC3CCN(C)C(=O)C3)nc12. The molecule has 3 heterocycles.